The number of hydrogen-bond acceptors (Lipinski definition) is 2. The molecular formula is C13H16BrFN2. The Kier molecular flexibility index (Phi) is 4.15. The predicted molar refractivity (Wildman–Crippen MR) is 73.2 cm³/mol. The summed E-state index contributed by atoms with van der Waals surface area (Å²) in [5.41, 5.74) is 1.83. The lowest BCUT2D eigenvalue weighted by Crippen LogP contribution is -2.12. The summed E-state index contributed by atoms with van der Waals surface area (Å²) in [6.07, 6.45) is 4.56. The summed E-state index contributed by atoms with van der Waals surface area (Å²) in [4.78, 5) is 4.51. The molecule has 0 saturated heterocycles. The predicted octanol–water partition coefficient (Wildman–Crippen LogP) is 4.28. The summed E-state index contributed by atoms with van der Waals surface area (Å²) >= 11 is 3.21. The monoisotopic (exact) mass is 298 g/mol. The minimum absolute atomic E-state index is 0.226. The Morgan fingerprint density at radius 2 is 2.12 bits per heavy atom. The van der Waals surface area contributed by atoms with Gasteiger partial charge in [-0.15, -0.1) is 0 Å². The normalized spacial score (nSPS) is 16.3. The van der Waals surface area contributed by atoms with E-state index in [1.165, 1.54) is 18.9 Å². The van der Waals surface area contributed by atoms with Gasteiger partial charge in [-0.3, -0.25) is 4.99 Å². The molecule has 1 aliphatic heterocycles. The van der Waals surface area contributed by atoms with Gasteiger partial charge in [-0.1, -0.05) is 6.42 Å². The van der Waals surface area contributed by atoms with Gasteiger partial charge in [0.2, 0.25) is 0 Å². The lowest BCUT2D eigenvalue weighted by atomic mass is 10.1. The zero-order chi connectivity index (χ0) is 12.3. The molecule has 0 radical (unpaired) electrons. The fourth-order valence-corrected chi connectivity index (χ4v) is 2.26. The van der Waals surface area contributed by atoms with Crippen molar-refractivity contribution in [3.63, 3.8) is 0 Å². The van der Waals surface area contributed by atoms with Crippen molar-refractivity contribution in [3.8, 4) is 0 Å². The molecular weight excluding hydrogens is 283 g/mol. The molecule has 92 valence electrons. The third kappa shape index (κ3) is 3.28. The van der Waals surface area contributed by atoms with Crippen molar-refractivity contribution in [1.29, 1.82) is 0 Å². The summed E-state index contributed by atoms with van der Waals surface area (Å²) in [7, 11) is 0. The number of aryl methyl sites for hydroxylation is 1. The van der Waals surface area contributed by atoms with E-state index in [4.69, 9.17) is 0 Å². The highest BCUT2D eigenvalue weighted by molar-refractivity contribution is 9.10. The summed E-state index contributed by atoms with van der Waals surface area (Å²) in [5, 5.41) is 3.31. The molecule has 0 atom stereocenters. The van der Waals surface area contributed by atoms with Crippen molar-refractivity contribution in [3.05, 3.63) is 28.0 Å². The molecule has 0 fully saturated rings. The molecule has 2 nitrogen and oxygen atoms in total. The SMILES string of the molecule is Cc1cc(F)c(Br)cc1NC1=NCCCCC1. The van der Waals surface area contributed by atoms with Gasteiger partial charge in [-0.2, -0.15) is 0 Å². The van der Waals surface area contributed by atoms with E-state index in [0.29, 0.717) is 4.47 Å². The van der Waals surface area contributed by atoms with E-state index in [9.17, 15) is 4.39 Å². The number of aliphatic imine (C=N–C) groups is 1. The number of nitrogens with one attached hydrogen (secondary N) is 1. The van der Waals surface area contributed by atoms with Crippen molar-refractivity contribution >= 4 is 27.5 Å². The van der Waals surface area contributed by atoms with Crippen LogP contribution in [-0.2, 0) is 0 Å². The largest absolute Gasteiger partial charge is 0.344 e. The maximum absolute atomic E-state index is 13.3. The van der Waals surface area contributed by atoms with Crippen LogP contribution in [0.5, 0.6) is 0 Å². The van der Waals surface area contributed by atoms with Gasteiger partial charge >= 0.3 is 0 Å². The Hall–Kier alpha value is -0.900. The molecule has 17 heavy (non-hydrogen) atoms. The zero-order valence-corrected chi connectivity index (χ0v) is 11.5. The highest BCUT2D eigenvalue weighted by atomic mass is 79.9. The van der Waals surface area contributed by atoms with Gasteiger partial charge in [0.05, 0.1) is 4.47 Å². The molecule has 1 aliphatic rings. The molecule has 0 bridgehead atoms. The van der Waals surface area contributed by atoms with E-state index in [1.807, 2.05) is 6.92 Å². The number of amidine groups is 1. The minimum atomic E-state index is -0.226. The second-order valence-corrected chi connectivity index (χ2v) is 5.20. The lowest BCUT2D eigenvalue weighted by molar-refractivity contribution is 0.620. The van der Waals surface area contributed by atoms with Crippen LogP contribution in [0.15, 0.2) is 21.6 Å². The first-order chi connectivity index (χ1) is 8.16. The summed E-state index contributed by atoms with van der Waals surface area (Å²) < 4.78 is 13.8. The minimum Gasteiger partial charge on any atom is -0.344 e. The first-order valence-electron chi connectivity index (χ1n) is 5.93. The van der Waals surface area contributed by atoms with Crippen LogP contribution >= 0.6 is 15.9 Å². The molecule has 4 heteroatoms. The van der Waals surface area contributed by atoms with Crippen LogP contribution in [0.2, 0.25) is 0 Å². The summed E-state index contributed by atoms with van der Waals surface area (Å²) in [6.45, 7) is 2.79. The van der Waals surface area contributed by atoms with Crippen molar-refractivity contribution in [2.24, 2.45) is 4.99 Å². The highest BCUT2D eigenvalue weighted by Gasteiger charge is 2.09. The molecule has 0 unspecified atom stereocenters. The van der Waals surface area contributed by atoms with Crippen LogP contribution in [-0.4, -0.2) is 12.4 Å². The molecule has 0 saturated carbocycles. The molecule has 2 rings (SSSR count). The smallest absolute Gasteiger partial charge is 0.137 e. The first-order valence-corrected chi connectivity index (χ1v) is 6.72. The van der Waals surface area contributed by atoms with Crippen molar-refractivity contribution in [2.45, 2.75) is 32.6 Å². The Bertz CT molecular complexity index is 443. The molecule has 0 aromatic heterocycles. The Morgan fingerprint density at radius 1 is 1.29 bits per heavy atom. The van der Waals surface area contributed by atoms with E-state index in [-0.39, 0.29) is 5.82 Å². The highest BCUT2D eigenvalue weighted by Crippen LogP contribution is 2.24. The number of benzene rings is 1. The van der Waals surface area contributed by atoms with Crippen LogP contribution in [0.1, 0.15) is 31.2 Å². The maximum Gasteiger partial charge on any atom is 0.137 e. The van der Waals surface area contributed by atoms with E-state index in [0.717, 1.165) is 36.5 Å². The third-order valence-electron chi connectivity index (χ3n) is 2.92. The summed E-state index contributed by atoms with van der Waals surface area (Å²) in [6, 6.07) is 3.31. The van der Waals surface area contributed by atoms with E-state index in [2.05, 4.69) is 26.2 Å². The van der Waals surface area contributed by atoms with Crippen molar-refractivity contribution < 1.29 is 4.39 Å². The molecule has 1 aromatic rings. The molecule has 0 spiro atoms. The van der Waals surface area contributed by atoms with E-state index < -0.39 is 0 Å². The molecule has 0 amide bonds. The number of rotatable bonds is 1. The molecule has 0 aliphatic carbocycles. The Balaban J connectivity index is 2.17. The average Bonchev–Trinajstić information content (AvgIpc) is 2.54. The van der Waals surface area contributed by atoms with Crippen molar-refractivity contribution in [2.75, 3.05) is 11.9 Å². The van der Waals surface area contributed by atoms with Crippen molar-refractivity contribution in [1.82, 2.24) is 0 Å². The first kappa shape index (κ1) is 12.6. The summed E-state index contributed by atoms with van der Waals surface area (Å²) in [5.74, 6) is 0.792. The van der Waals surface area contributed by atoms with Gasteiger partial charge in [-0.25, -0.2) is 4.39 Å². The van der Waals surface area contributed by atoms with Gasteiger partial charge in [0.15, 0.2) is 0 Å². The number of nitrogens with zero attached hydrogens (tertiary/aromatic N) is 1. The van der Waals surface area contributed by atoms with E-state index in [1.54, 1.807) is 6.07 Å². The van der Waals surface area contributed by atoms with E-state index >= 15 is 0 Å². The fraction of sp³-hybridized carbons (Fsp3) is 0.462. The van der Waals surface area contributed by atoms with Gasteiger partial charge in [0.25, 0.3) is 0 Å². The van der Waals surface area contributed by atoms with Gasteiger partial charge in [-0.05, 0) is 53.4 Å². The van der Waals surface area contributed by atoms with Crippen LogP contribution in [0.4, 0.5) is 10.1 Å². The Morgan fingerprint density at radius 3 is 2.94 bits per heavy atom. The number of anilines is 1. The molecule has 1 heterocycles. The molecule has 1 N–H and O–H groups in total. The van der Waals surface area contributed by atoms with Gasteiger partial charge in [0, 0.05) is 18.7 Å². The third-order valence-corrected chi connectivity index (χ3v) is 3.53. The molecule has 1 aromatic carbocycles. The lowest BCUT2D eigenvalue weighted by Gasteiger charge is -2.12. The van der Waals surface area contributed by atoms with Crippen LogP contribution in [0.25, 0.3) is 0 Å². The average molecular weight is 299 g/mol. The zero-order valence-electron chi connectivity index (χ0n) is 9.89. The number of hydrogen-bond donors (Lipinski definition) is 1. The maximum atomic E-state index is 13.3. The van der Waals surface area contributed by atoms with Gasteiger partial charge in [0.1, 0.15) is 11.7 Å². The standard InChI is InChI=1S/C13H16BrFN2/c1-9-7-11(15)10(14)8-12(9)17-13-5-3-2-4-6-16-13/h7-8H,2-6H2,1H3,(H,16,17). The van der Waals surface area contributed by atoms with Gasteiger partial charge < -0.3 is 5.32 Å². The number of halogens is 2. The second kappa shape index (κ2) is 5.63. The quantitative estimate of drug-likeness (QED) is 0.822. The Labute approximate surface area is 109 Å². The van der Waals surface area contributed by atoms with Crippen LogP contribution < -0.4 is 5.32 Å². The van der Waals surface area contributed by atoms with Crippen LogP contribution in [0.3, 0.4) is 0 Å². The topological polar surface area (TPSA) is 24.4 Å². The second-order valence-electron chi connectivity index (χ2n) is 4.35. The van der Waals surface area contributed by atoms with Crippen LogP contribution in [0, 0.1) is 12.7 Å². The fourth-order valence-electron chi connectivity index (χ4n) is 1.91.